The molecule has 1 aliphatic heterocycles. The number of aliphatic carboxylic acids is 1. The molecule has 0 radical (unpaired) electrons. The summed E-state index contributed by atoms with van der Waals surface area (Å²) >= 11 is 0. The molecule has 1 aliphatic rings. The molecule has 7 atom stereocenters. The lowest BCUT2D eigenvalue weighted by atomic mass is 9.98. The third-order valence-corrected chi connectivity index (χ3v) is 6.43. The van der Waals surface area contributed by atoms with Gasteiger partial charge in [-0.05, 0) is 24.3 Å². The summed E-state index contributed by atoms with van der Waals surface area (Å²) in [7, 11) is 0. The Morgan fingerprint density at radius 3 is 2.15 bits per heavy atom. The molecule has 0 bridgehead atoms. The van der Waals surface area contributed by atoms with Gasteiger partial charge >= 0.3 is 5.97 Å². The Kier molecular flexibility index (Phi) is 12.4. The third-order valence-electron chi connectivity index (χ3n) is 6.43. The van der Waals surface area contributed by atoms with E-state index >= 15 is 0 Å². The van der Waals surface area contributed by atoms with Crippen molar-refractivity contribution in [3.8, 4) is 0 Å². The van der Waals surface area contributed by atoms with Crippen LogP contribution in [0.4, 0.5) is 0 Å². The van der Waals surface area contributed by atoms with Crippen molar-refractivity contribution < 1.29 is 49.5 Å². The zero-order chi connectivity index (χ0) is 30.0. The second-order valence-corrected chi connectivity index (χ2v) is 10.1. The molecule has 9 N–H and O–H groups in total. The van der Waals surface area contributed by atoms with Crippen molar-refractivity contribution in [3.63, 3.8) is 0 Å². The summed E-state index contributed by atoms with van der Waals surface area (Å²) in [4.78, 5) is 60.9. The maximum absolute atomic E-state index is 13.0. The fourth-order valence-electron chi connectivity index (χ4n) is 4.26. The highest BCUT2D eigenvalue weighted by molar-refractivity contribution is 5.94. The molecule has 1 fully saturated rings. The fraction of sp³-hybridized carbons (Fsp3) is 0.577. The molecule has 222 valence electrons. The van der Waals surface area contributed by atoms with Gasteiger partial charge in [0, 0.05) is 6.42 Å². The quantitative estimate of drug-likeness (QED) is 0.110. The van der Waals surface area contributed by atoms with Gasteiger partial charge in [-0.3, -0.25) is 24.0 Å². The predicted molar refractivity (Wildman–Crippen MR) is 139 cm³/mol. The van der Waals surface area contributed by atoms with Crippen molar-refractivity contribution in [1.29, 1.82) is 0 Å². The van der Waals surface area contributed by atoms with Crippen LogP contribution in [0.25, 0.3) is 0 Å². The van der Waals surface area contributed by atoms with E-state index in [1.165, 1.54) is 0 Å². The molecule has 0 aliphatic carbocycles. The van der Waals surface area contributed by atoms with Gasteiger partial charge in [0.2, 0.25) is 17.7 Å². The smallest absolute Gasteiger partial charge is 0.305 e. The average molecular weight is 567 g/mol. The summed E-state index contributed by atoms with van der Waals surface area (Å²) in [5.41, 5.74) is 0.427. The number of hydrogen-bond donors (Lipinski definition) is 9. The number of aliphatic hydroxyl groups is 4. The lowest BCUT2D eigenvalue weighted by Gasteiger charge is -2.31. The molecule has 14 heteroatoms. The van der Waals surface area contributed by atoms with E-state index in [4.69, 9.17) is 0 Å². The molecule has 2 rings (SSSR count). The molecular weight excluding hydrogens is 528 g/mol. The summed E-state index contributed by atoms with van der Waals surface area (Å²) in [5, 5.41) is 60.2. The monoisotopic (exact) mass is 566 g/mol. The minimum Gasteiger partial charge on any atom is -0.481 e. The second-order valence-electron chi connectivity index (χ2n) is 10.1. The summed E-state index contributed by atoms with van der Waals surface area (Å²) in [5.74, 6) is -4.15. The molecule has 1 aromatic carbocycles. The van der Waals surface area contributed by atoms with Crippen LogP contribution in [0.2, 0.25) is 0 Å². The lowest BCUT2D eigenvalue weighted by Crippen LogP contribution is -2.60. The highest BCUT2D eigenvalue weighted by Crippen LogP contribution is 2.18. The van der Waals surface area contributed by atoms with E-state index in [0.717, 1.165) is 0 Å². The normalized spacial score (nSPS) is 19.5. The minimum absolute atomic E-state index is 0.0637. The van der Waals surface area contributed by atoms with Gasteiger partial charge in [0.15, 0.2) is 6.10 Å². The molecule has 1 saturated heterocycles. The van der Waals surface area contributed by atoms with Crippen molar-refractivity contribution in [1.82, 2.24) is 21.3 Å². The molecule has 1 heterocycles. The van der Waals surface area contributed by atoms with Gasteiger partial charge in [-0.25, -0.2) is 0 Å². The maximum Gasteiger partial charge on any atom is 0.305 e. The highest BCUT2D eigenvalue weighted by Gasteiger charge is 2.38. The molecule has 0 aromatic heterocycles. The van der Waals surface area contributed by atoms with Crippen LogP contribution in [-0.2, 0) is 24.0 Å². The number of carbonyl (C=O) groups excluding carboxylic acids is 4. The first kappa shape index (κ1) is 32.6. The average Bonchev–Trinajstić information content (AvgIpc) is 3.35. The third kappa shape index (κ3) is 9.55. The van der Waals surface area contributed by atoms with Crippen LogP contribution < -0.4 is 21.3 Å². The predicted octanol–water partition coefficient (Wildman–Crippen LogP) is -2.31. The maximum atomic E-state index is 13.0. The Labute approximate surface area is 231 Å². The molecule has 14 nitrogen and oxygen atoms in total. The van der Waals surface area contributed by atoms with Crippen molar-refractivity contribution in [2.45, 2.75) is 82.0 Å². The van der Waals surface area contributed by atoms with Crippen LogP contribution in [-0.4, -0.2) is 98.2 Å². The number of rotatable bonds is 15. The highest BCUT2D eigenvalue weighted by atomic mass is 16.4. The largest absolute Gasteiger partial charge is 0.481 e. The first-order valence-electron chi connectivity index (χ1n) is 13.0. The van der Waals surface area contributed by atoms with E-state index in [-0.39, 0.29) is 31.1 Å². The zero-order valence-corrected chi connectivity index (χ0v) is 22.3. The van der Waals surface area contributed by atoms with Crippen LogP contribution in [0.15, 0.2) is 30.3 Å². The number of aliphatic hydroxyl groups excluding tert-OH is 4. The van der Waals surface area contributed by atoms with Crippen molar-refractivity contribution >= 4 is 29.6 Å². The van der Waals surface area contributed by atoms with Crippen molar-refractivity contribution in [2.75, 3.05) is 6.61 Å². The Bertz CT molecular complexity index is 1040. The molecule has 0 saturated carbocycles. The summed E-state index contributed by atoms with van der Waals surface area (Å²) in [6.07, 6.45) is -6.39. The topological polar surface area (TPSA) is 235 Å². The number of hydrogen-bond acceptors (Lipinski definition) is 9. The summed E-state index contributed by atoms with van der Waals surface area (Å²) in [6.45, 7) is 2.70. The van der Waals surface area contributed by atoms with Crippen molar-refractivity contribution in [3.05, 3.63) is 35.9 Å². The number of carbonyl (C=O) groups is 5. The van der Waals surface area contributed by atoms with Gasteiger partial charge in [0.05, 0.1) is 25.1 Å². The Hall–Kier alpha value is -3.59. The fourth-order valence-corrected chi connectivity index (χ4v) is 4.26. The minimum atomic E-state index is -2.25. The Morgan fingerprint density at radius 2 is 1.62 bits per heavy atom. The summed E-state index contributed by atoms with van der Waals surface area (Å²) < 4.78 is 0. The van der Waals surface area contributed by atoms with Crippen LogP contribution in [0, 0.1) is 5.92 Å². The number of nitrogens with one attached hydrogen (secondary N) is 4. The van der Waals surface area contributed by atoms with Gasteiger partial charge in [0.1, 0.15) is 24.3 Å². The van der Waals surface area contributed by atoms with E-state index < -0.39 is 79.2 Å². The van der Waals surface area contributed by atoms with Gasteiger partial charge in [-0.15, -0.1) is 0 Å². The van der Waals surface area contributed by atoms with Gasteiger partial charge < -0.3 is 46.8 Å². The van der Waals surface area contributed by atoms with Crippen LogP contribution >= 0.6 is 0 Å². The van der Waals surface area contributed by atoms with E-state index in [1.54, 1.807) is 44.2 Å². The summed E-state index contributed by atoms with van der Waals surface area (Å²) in [6, 6.07) is 3.55. The molecule has 40 heavy (non-hydrogen) atoms. The number of carboxylic acid groups (broad SMARTS) is 1. The van der Waals surface area contributed by atoms with E-state index in [1.807, 2.05) is 0 Å². The second kappa shape index (κ2) is 15.3. The SMILES string of the molecule is CC(C)CC(NC(=O)C1CCC(=O)N1)C(=O)NC(CO)C(O)C(O)C(O)C(=O)NC(CC(=O)O)c1ccccc1. The number of amides is 4. The first-order chi connectivity index (χ1) is 18.8. The number of carboxylic acids is 1. The molecule has 1 aromatic rings. The standard InChI is InChI=1S/C26H38N4O10/c1-13(2)10-17(29-24(38)15-8-9-19(32)27-15)25(39)30-18(12-31)21(35)22(36)23(37)26(40)28-16(11-20(33)34)14-6-4-3-5-7-14/h3-7,13,15-18,21-23,31,35-37H,8-12H2,1-2H3,(H,27,32)(H,28,40)(H,29,38)(H,30,39)(H,33,34). The first-order valence-corrected chi connectivity index (χ1v) is 13.0. The molecular formula is C26H38N4O10. The Balaban J connectivity index is 2.06. The molecule has 4 amide bonds. The molecule has 0 spiro atoms. The lowest BCUT2D eigenvalue weighted by molar-refractivity contribution is -0.145. The van der Waals surface area contributed by atoms with Crippen LogP contribution in [0.3, 0.4) is 0 Å². The van der Waals surface area contributed by atoms with Gasteiger partial charge in [-0.1, -0.05) is 44.2 Å². The van der Waals surface area contributed by atoms with Crippen LogP contribution in [0.5, 0.6) is 0 Å². The van der Waals surface area contributed by atoms with Gasteiger partial charge in [0.25, 0.3) is 5.91 Å². The van der Waals surface area contributed by atoms with E-state index in [0.29, 0.717) is 5.56 Å². The zero-order valence-electron chi connectivity index (χ0n) is 22.3. The number of benzene rings is 1. The van der Waals surface area contributed by atoms with E-state index in [9.17, 15) is 49.5 Å². The van der Waals surface area contributed by atoms with Crippen molar-refractivity contribution in [2.24, 2.45) is 5.92 Å². The van der Waals surface area contributed by atoms with E-state index in [2.05, 4.69) is 21.3 Å². The van der Waals surface area contributed by atoms with Gasteiger partial charge in [-0.2, -0.15) is 0 Å². The molecule has 7 unspecified atom stereocenters. The van der Waals surface area contributed by atoms with Crippen LogP contribution in [0.1, 0.15) is 51.1 Å². The Morgan fingerprint density at radius 1 is 0.975 bits per heavy atom.